The number of fused-ring (bicyclic) bond motifs is 3. The van der Waals surface area contributed by atoms with Crippen molar-refractivity contribution >= 4 is 50.5 Å². The molecule has 4 heterocycles. The summed E-state index contributed by atoms with van der Waals surface area (Å²) in [6.45, 7) is 10.8. The number of thiazole rings is 1. The molecule has 6 atom stereocenters. The van der Waals surface area contributed by atoms with Crippen LogP contribution in [0.1, 0.15) is 68.5 Å². The van der Waals surface area contributed by atoms with E-state index in [1.165, 1.54) is 4.90 Å². The van der Waals surface area contributed by atoms with Crippen molar-refractivity contribution in [3.63, 3.8) is 0 Å². The van der Waals surface area contributed by atoms with Gasteiger partial charge in [-0.05, 0) is 89.9 Å². The van der Waals surface area contributed by atoms with Crippen LogP contribution < -0.4 is 21.3 Å². The van der Waals surface area contributed by atoms with Crippen molar-refractivity contribution < 1.29 is 37.8 Å². The third kappa shape index (κ3) is 11.2. The molecule has 3 aliphatic rings. The van der Waals surface area contributed by atoms with Gasteiger partial charge in [0.25, 0.3) is 0 Å². The van der Waals surface area contributed by atoms with Crippen LogP contribution in [0.3, 0.4) is 0 Å². The third-order valence-corrected chi connectivity index (χ3v) is 16.3. The zero-order valence-electron chi connectivity index (χ0n) is 39.8. The minimum atomic E-state index is -3.80. The lowest BCUT2D eigenvalue weighted by Gasteiger charge is -2.39. The standard InChI is InChI=1S/C52H63N7O8S2/c1-32-9-16-40(17-10-32)69(65,66)59-22-19-41-44(30-60)56-43-18-15-37(26-42(43)47(41)59)36-7-6-8-38(25-36)53-21-24-67-23-20-46(62)57-49(52(3,4)5)51(64)58-29-39(61)27-45(58)50(63)54-28-34-11-13-35(14-12-34)48-33(2)55-31-68-48/h6-18,25-26,31,39,41,44-45,47,49,53,56,60-61H,19-24,27-30H2,1-5H3,(H,54,63)(H,57,62)/t39-,41-,44+,45+,47-,49-/m1/s1. The number of hydrogen-bond acceptors (Lipinski definition) is 12. The van der Waals surface area contributed by atoms with Gasteiger partial charge in [-0.3, -0.25) is 14.4 Å². The van der Waals surface area contributed by atoms with Gasteiger partial charge in [-0.2, -0.15) is 4.31 Å². The molecule has 366 valence electrons. The van der Waals surface area contributed by atoms with Gasteiger partial charge in [0.1, 0.15) is 12.1 Å². The second-order valence-corrected chi connectivity index (χ2v) is 22.1. The quantitative estimate of drug-likeness (QED) is 0.0575. The molecule has 0 saturated carbocycles. The maximum Gasteiger partial charge on any atom is 0.246 e. The molecule has 2 saturated heterocycles. The van der Waals surface area contributed by atoms with E-state index in [1.54, 1.807) is 27.8 Å². The van der Waals surface area contributed by atoms with E-state index in [2.05, 4.69) is 32.3 Å². The third-order valence-electron chi connectivity index (χ3n) is 13.4. The lowest BCUT2D eigenvalue weighted by atomic mass is 9.82. The zero-order chi connectivity index (χ0) is 49.0. The first-order valence-electron chi connectivity index (χ1n) is 23.6. The molecular formula is C52H63N7O8S2. The molecule has 8 rings (SSSR count). The number of hydrogen-bond donors (Lipinski definition) is 6. The first kappa shape index (κ1) is 49.7. The Morgan fingerprint density at radius 2 is 1.70 bits per heavy atom. The van der Waals surface area contributed by atoms with Crippen molar-refractivity contribution in [2.45, 2.75) is 95.6 Å². The number of aromatic nitrogens is 1. The van der Waals surface area contributed by atoms with Crippen LogP contribution >= 0.6 is 11.3 Å². The van der Waals surface area contributed by atoms with E-state index in [4.69, 9.17) is 4.74 Å². The second kappa shape index (κ2) is 21.1. The largest absolute Gasteiger partial charge is 0.394 e. The monoisotopic (exact) mass is 977 g/mol. The summed E-state index contributed by atoms with van der Waals surface area (Å²) in [5.41, 5.74) is 9.40. The Bertz CT molecular complexity index is 2740. The Hall–Kier alpha value is -5.69. The van der Waals surface area contributed by atoms with Gasteiger partial charge >= 0.3 is 0 Å². The fraction of sp³-hybridized carbons (Fsp3) is 0.423. The summed E-state index contributed by atoms with van der Waals surface area (Å²) in [7, 11) is -3.80. The average Bonchev–Trinajstić information content (AvgIpc) is 4.09. The molecule has 0 unspecified atom stereocenters. The average molecular weight is 978 g/mol. The molecule has 4 aromatic carbocycles. The molecule has 15 nitrogen and oxygen atoms in total. The number of nitrogens with one attached hydrogen (secondary N) is 4. The van der Waals surface area contributed by atoms with Crippen LogP contribution in [0.15, 0.2) is 101 Å². The normalized spacial score (nSPS) is 20.7. The second-order valence-electron chi connectivity index (χ2n) is 19.4. The van der Waals surface area contributed by atoms with Crippen LogP contribution in [-0.4, -0.2) is 114 Å². The van der Waals surface area contributed by atoms with E-state index in [0.29, 0.717) is 26.1 Å². The molecule has 3 amide bonds. The van der Waals surface area contributed by atoms with Crippen molar-refractivity contribution in [3.8, 4) is 21.6 Å². The van der Waals surface area contributed by atoms with Crippen LogP contribution in [-0.2, 0) is 35.7 Å². The Balaban J connectivity index is 0.824. The van der Waals surface area contributed by atoms with Crippen molar-refractivity contribution in [1.82, 2.24) is 24.8 Å². The minimum absolute atomic E-state index is 0.0150. The summed E-state index contributed by atoms with van der Waals surface area (Å²) in [6.07, 6.45) is -0.139. The molecule has 0 spiro atoms. The molecule has 17 heteroatoms. The van der Waals surface area contributed by atoms with Gasteiger partial charge in [-0.15, -0.1) is 11.3 Å². The molecule has 0 aliphatic carbocycles. The van der Waals surface area contributed by atoms with Gasteiger partial charge in [0, 0.05) is 56.3 Å². The highest BCUT2D eigenvalue weighted by atomic mass is 32.2. The number of nitrogens with zero attached hydrogens (tertiary/aromatic N) is 3. The molecule has 1 aromatic heterocycles. The molecular weight excluding hydrogens is 915 g/mol. The van der Waals surface area contributed by atoms with Crippen LogP contribution in [0.2, 0.25) is 0 Å². The Morgan fingerprint density at radius 1 is 0.957 bits per heavy atom. The topological polar surface area (TPSA) is 203 Å². The van der Waals surface area contributed by atoms with Gasteiger partial charge in [0.2, 0.25) is 27.7 Å². The molecule has 0 radical (unpaired) electrons. The zero-order valence-corrected chi connectivity index (χ0v) is 41.4. The maximum absolute atomic E-state index is 14.1. The van der Waals surface area contributed by atoms with E-state index < -0.39 is 45.6 Å². The summed E-state index contributed by atoms with van der Waals surface area (Å²) in [4.78, 5) is 47.9. The fourth-order valence-corrected chi connectivity index (χ4v) is 12.1. The Morgan fingerprint density at radius 3 is 2.41 bits per heavy atom. The van der Waals surface area contributed by atoms with E-state index in [1.807, 2.05) is 113 Å². The minimum Gasteiger partial charge on any atom is -0.394 e. The van der Waals surface area contributed by atoms with Gasteiger partial charge in [-0.25, -0.2) is 13.4 Å². The smallest absolute Gasteiger partial charge is 0.246 e. The number of likely N-dealkylation sites (tertiary alicyclic amines) is 1. The lowest BCUT2D eigenvalue weighted by Crippen LogP contribution is -2.57. The number of aryl methyl sites for hydroxylation is 2. The Kier molecular flexibility index (Phi) is 15.2. The molecule has 3 aliphatic heterocycles. The summed E-state index contributed by atoms with van der Waals surface area (Å²) >= 11 is 1.57. The summed E-state index contributed by atoms with van der Waals surface area (Å²) in [6, 6.07) is 26.2. The van der Waals surface area contributed by atoms with Gasteiger partial charge in [0.05, 0.1) is 59.0 Å². The van der Waals surface area contributed by atoms with Crippen LogP contribution in [0.5, 0.6) is 0 Å². The number of aliphatic hydroxyl groups excluding tert-OH is 2. The highest BCUT2D eigenvalue weighted by molar-refractivity contribution is 7.89. The summed E-state index contributed by atoms with van der Waals surface area (Å²) in [5.74, 6) is -1.26. The first-order valence-corrected chi connectivity index (χ1v) is 25.9. The number of ether oxygens (including phenoxy) is 1. The van der Waals surface area contributed by atoms with Gasteiger partial charge in [-0.1, -0.05) is 80.9 Å². The van der Waals surface area contributed by atoms with E-state index in [-0.39, 0.29) is 67.8 Å². The fourth-order valence-electron chi connectivity index (χ4n) is 9.67. The van der Waals surface area contributed by atoms with Crippen LogP contribution in [0.25, 0.3) is 21.6 Å². The van der Waals surface area contributed by atoms with Crippen LogP contribution in [0, 0.1) is 25.2 Å². The van der Waals surface area contributed by atoms with Crippen molar-refractivity contribution in [3.05, 3.63) is 119 Å². The van der Waals surface area contributed by atoms with E-state index in [9.17, 15) is 33.0 Å². The SMILES string of the molecule is Cc1ccc(S(=O)(=O)N2CC[C@@H]3[C@H](CO)Nc4ccc(-c5cccc(NCCOCCC(=O)N[C@H](C(=O)N6C[C@H](O)C[C@H]6C(=O)NCc6ccc(-c7scnc7C)cc6)C(C)(C)C)c5)cc4[C@@H]32)cc1. The summed E-state index contributed by atoms with van der Waals surface area (Å²) < 4.78 is 35.5. The number of carbonyl (C=O) groups excluding carboxylic acids is 3. The Labute approximate surface area is 408 Å². The number of sulfonamides is 1. The summed E-state index contributed by atoms with van der Waals surface area (Å²) in [5, 5.41) is 33.6. The molecule has 0 bridgehead atoms. The van der Waals surface area contributed by atoms with Crippen LogP contribution in [0.4, 0.5) is 11.4 Å². The maximum atomic E-state index is 14.1. The molecule has 6 N–H and O–H groups in total. The number of anilines is 2. The number of carbonyl (C=O) groups is 3. The van der Waals surface area contributed by atoms with E-state index in [0.717, 1.165) is 55.3 Å². The van der Waals surface area contributed by atoms with Gasteiger partial charge < -0.3 is 41.1 Å². The van der Waals surface area contributed by atoms with E-state index >= 15 is 0 Å². The highest BCUT2D eigenvalue weighted by Crippen LogP contribution is 2.49. The predicted octanol–water partition coefficient (Wildman–Crippen LogP) is 6.26. The molecule has 2 fully saturated rings. The molecule has 5 aromatic rings. The van der Waals surface area contributed by atoms with Gasteiger partial charge in [0.15, 0.2) is 0 Å². The van der Waals surface area contributed by atoms with Crippen molar-refractivity contribution in [1.29, 1.82) is 0 Å². The highest BCUT2D eigenvalue weighted by Gasteiger charge is 2.49. The number of rotatable bonds is 17. The molecule has 69 heavy (non-hydrogen) atoms. The lowest BCUT2D eigenvalue weighted by molar-refractivity contribution is -0.144. The number of β-amino-alcohol motifs (C(OH)–C–C–N with tert-alkyl or cyclic N) is 1. The van der Waals surface area contributed by atoms with Crippen molar-refractivity contribution in [2.75, 3.05) is 50.1 Å². The van der Waals surface area contributed by atoms with Crippen molar-refractivity contribution in [2.24, 2.45) is 11.3 Å². The number of aliphatic hydroxyl groups is 2. The predicted molar refractivity (Wildman–Crippen MR) is 268 cm³/mol. The number of amides is 3. The first-order chi connectivity index (χ1) is 33.0. The number of benzene rings is 4.